The molecule has 0 unspecified atom stereocenters. The summed E-state index contributed by atoms with van der Waals surface area (Å²) in [5.74, 6) is 0. The van der Waals surface area contributed by atoms with Crippen LogP contribution in [-0.4, -0.2) is 9.78 Å². The molecule has 2 nitrogen and oxygen atoms in total. The van der Waals surface area contributed by atoms with E-state index in [4.69, 9.17) is 23.2 Å². The molecule has 3 rings (SSSR count). The summed E-state index contributed by atoms with van der Waals surface area (Å²) in [7, 11) is 0. The van der Waals surface area contributed by atoms with Gasteiger partial charge in [-0.1, -0.05) is 29.3 Å². The van der Waals surface area contributed by atoms with Crippen molar-refractivity contribution in [1.29, 1.82) is 0 Å². The Morgan fingerprint density at radius 1 is 1.21 bits per heavy atom. The number of aromatic nitrogens is 2. The first-order valence-corrected chi connectivity index (χ1v) is 7.83. The first-order chi connectivity index (χ1) is 11.2. The van der Waals surface area contributed by atoms with Gasteiger partial charge in [-0.05, 0) is 37.6 Å². The van der Waals surface area contributed by atoms with Crippen LogP contribution in [0.15, 0.2) is 24.3 Å². The van der Waals surface area contributed by atoms with Gasteiger partial charge < -0.3 is 0 Å². The maximum atomic E-state index is 13.0. The molecule has 0 spiro atoms. The third-order valence-corrected chi connectivity index (χ3v) is 4.62. The van der Waals surface area contributed by atoms with Gasteiger partial charge in [0, 0.05) is 27.7 Å². The third-order valence-electron chi connectivity index (χ3n) is 3.93. The van der Waals surface area contributed by atoms with Crippen molar-refractivity contribution < 1.29 is 13.2 Å². The number of nitrogens with zero attached hydrogens (tertiary/aromatic N) is 2. The number of alkyl halides is 3. The lowest BCUT2D eigenvalue weighted by molar-refractivity contribution is -0.137. The summed E-state index contributed by atoms with van der Waals surface area (Å²) in [6.45, 7) is 3.60. The molecule has 1 aromatic heterocycles. The molecule has 0 aliphatic rings. The predicted octanol–water partition coefficient (Wildman–Crippen LogP) is 5.83. The molecule has 0 atom stereocenters. The van der Waals surface area contributed by atoms with Crippen LogP contribution in [0.4, 0.5) is 13.2 Å². The molecule has 0 aliphatic heterocycles. The molecule has 1 heterocycles. The molecule has 3 aromatic rings. The van der Waals surface area contributed by atoms with E-state index < -0.39 is 11.7 Å². The van der Waals surface area contributed by atoms with E-state index in [1.165, 1.54) is 0 Å². The Hall–Kier alpha value is -1.72. The molecule has 0 fully saturated rings. The summed E-state index contributed by atoms with van der Waals surface area (Å²) < 4.78 is 40.7. The minimum absolute atomic E-state index is 0.260. The number of hydrogen-bond acceptors (Lipinski definition) is 1. The molecule has 7 heteroatoms. The van der Waals surface area contributed by atoms with Crippen LogP contribution in [0.5, 0.6) is 0 Å². The number of benzene rings is 2. The molecule has 0 saturated carbocycles. The van der Waals surface area contributed by atoms with E-state index in [0.29, 0.717) is 37.8 Å². The smallest absolute Gasteiger partial charge is 0.264 e. The van der Waals surface area contributed by atoms with E-state index >= 15 is 0 Å². The zero-order valence-corrected chi connectivity index (χ0v) is 14.3. The summed E-state index contributed by atoms with van der Waals surface area (Å²) in [5, 5.41) is 5.73. The normalized spacial score (nSPS) is 12.1. The van der Waals surface area contributed by atoms with Crippen LogP contribution in [0.1, 0.15) is 22.4 Å². The summed E-state index contributed by atoms with van der Waals surface area (Å²) in [4.78, 5) is 0. The van der Waals surface area contributed by atoms with Gasteiger partial charge >= 0.3 is 6.18 Å². The van der Waals surface area contributed by atoms with Crippen molar-refractivity contribution in [3.05, 3.63) is 62.8 Å². The highest BCUT2D eigenvalue weighted by Crippen LogP contribution is 2.34. The standard InChI is InChI=1S/C17H12Cl2F3N2/c1-9-6-11(17(20,21)22)7-12-10(2)24(23-16(9)12)8-13-14(18)4-3-5-15(13)19/h3-4,6-7H,8H2,1-2H3. The molecule has 1 radical (unpaired) electrons. The molecule has 2 aromatic carbocycles. The Morgan fingerprint density at radius 3 is 2.54 bits per heavy atom. The number of hydrogen-bond donors (Lipinski definition) is 0. The summed E-state index contributed by atoms with van der Waals surface area (Å²) in [6, 6.07) is 8.35. The second kappa shape index (κ2) is 5.97. The SMILES string of the molecule is Cc1cc(C(F)(F)F)cc2c(C)n(Cc3c(Cl)[c]ccc3Cl)nc12. The van der Waals surface area contributed by atoms with Crippen LogP contribution >= 0.6 is 23.2 Å². The Bertz CT molecular complexity index is 909. The fraction of sp³-hybridized carbons (Fsp3) is 0.235. The average molecular weight is 372 g/mol. The summed E-state index contributed by atoms with van der Waals surface area (Å²) >= 11 is 12.3. The first-order valence-electron chi connectivity index (χ1n) is 7.08. The van der Waals surface area contributed by atoms with E-state index in [2.05, 4.69) is 11.2 Å². The van der Waals surface area contributed by atoms with Crippen molar-refractivity contribution in [3.63, 3.8) is 0 Å². The van der Waals surface area contributed by atoms with Crippen LogP contribution in [0.2, 0.25) is 10.0 Å². The van der Waals surface area contributed by atoms with E-state index in [1.54, 1.807) is 30.7 Å². The predicted molar refractivity (Wildman–Crippen MR) is 88.6 cm³/mol. The van der Waals surface area contributed by atoms with Gasteiger partial charge in [-0.2, -0.15) is 18.3 Å². The Balaban J connectivity index is 2.14. The van der Waals surface area contributed by atoms with Gasteiger partial charge in [0.05, 0.1) is 22.6 Å². The fourth-order valence-electron chi connectivity index (χ4n) is 2.62. The van der Waals surface area contributed by atoms with Gasteiger partial charge in [0.25, 0.3) is 0 Å². The second-order valence-electron chi connectivity index (χ2n) is 5.55. The average Bonchev–Trinajstić information content (AvgIpc) is 2.80. The zero-order chi connectivity index (χ0) is 17.6. The summed E-state index contributed by atoms with van der Waals surface area (Å²) in [5.41, 5.74) is 1.58. The van der Waals surface area contributed by atoms with Gasteiger partial charge in [-0.15, -0.1) is 0 Å². The molecule has 24 heavy (non-hydrogen) atoms. The van der Waals surface area contributed by atoms with Gasteiger partial charge in [0.2, 0.25) is 0 Å². The number of rotatable bonds is 2. The van der Waals surface area contributed by atoms with Crippen LogP contribution in [0, 0.1) is 19.9 Å². The highest BCUT2D eigenvalue weighted by Gasteiger charge is 2.31. The van der Waals surface area contributed by atoms with Crippen molar-refractivity contribution >= 4 is 34.1 Å². The molecule has 0 N–H and O–H groups in total. The second-order valence-corrected chi connectivity index (χ2v) is 6.33. The monoisotopic (exact) mass is 371 g/mol. The Kier molecular flexibility index (Phi) is 4.26. The lowest BCUT2D eigenvalue weighted by atomic mass is 10.1. The number of halogens is 5. The first kappa shape index (κ1) is 17.1. The zero-order valence-electron chi connectivity index (χ0n) is 12.8. The van der Waals surface area contributed by atoms with Crippen LogP contribution in [0.25, 0.3) is 10.9 Å². The Labute approximate surface area is 146 Å². The molecule has 0 amide bonds. The largest absolute Gasteiger partial charge is 0.416 e. The maximum Gasteiger partial charge on any atom is 0.416 e. The van der Waals surface area contributed by atoms with Gasteiger partial charge in [-0.3, -0.25) is 4.68 Å². The quantitative estimate of drug-likeness (QED) is 0.554. The van der Waals surface area contributed by atoms with E-state index in [-0.39, 0.29) is 6.54 Å². The minimum atomic E-state index is -4.39. The van der Waals surface area contributed by atoms with Crippen LogP contribution in [0.3, 0.4) is 0 Å². The number of fused-ring (bicyclic) bond motifs is 1. The topological polar surface area (TPSA) is 17.8 Å². The summed E-state index contributed by atoms with van der Waals surface area (Å²) in [6.07, 6.45) is -4.39. The van der Waals surface area contributed by atoms with Crippen molar-refractivity contribution in [1.82, 2.24) is 9.78 Å². The Morgan fingerprint density at radius 2 is 1.92 bits per heavy atom. The van der Waals surface area contributed by atoms with Gasteiger partial charge in [-0.25, -0.2) is 0 Å². The van der Waals surface area contributed by atoms with Crippen LogP contribution in [-0.2, 0) is 12.7 Å². The maximum absolute atomic E-state index is 13.0. The van der Waals surface area contributed by atoms with Crippen LogP contribution < -0.4 is 0 Å². The third kappa shape index (κ3) is 2.98. The van der Waals surface area contributed by atoms with Crippen molar-refractivity contribution in [2.24, 2.45) is 0 Å². The van der Waals surface area contributed by atoms with Crippen molar-refractivity contribution in [2.45, 2.75) is 26.6 Å². The van der Waals surface area contributed by atoms with Crippen molar-refractivity contribution in [3.8, 4) is 0 Å². The molecule has 0 aliphatic carbocycles. The molecular weight excluding hydrogens is 360 g/mol. The van der Waals surface area contributed by atoms with E-state index in [9.17, 15) is 13.2 Å². The lowest BCUT2D eigenvalue weighted by Gasteiger charge is -2.08. The molecule has 125 valence electrons. The van der Waals surface area contributed by atoms with Gasteiger partial charge in [0.1, 0.15) is 0 Å². The van der Waals surface area contributed by atoms with E-state index in [0.717, 1.165) is 12.1 Å². The minimum Gasteiger partial charge on any atom is -0.264 e. The highest BCUT2D eigenvalue weighted by atomic mass is 35.5. The molecule has 0 bridgehead atoms. The lowest BCUT2D eigenvalue weighted by Crippen LogP contribution is -2.05. The van der Waals surface area contributed by atoms with Crippen molar-refractivity contribution in [2.75, 3.05) is 0 Å². The van der Waals surface area contributed by atoms with E-state index in [1.807, 2.05) is 0 Å². The molecular formula is C17H12Cl2F3N2. The fourth-order valence-corrected chi connectivity index (χ4v) is 3.11. The van der Waals surface area contributed by atoms with Gasteiger partial charge in [0.15, 0.2) is 0 Å². The number of aryl methyl sites for hydroxylation is 2. The highest BCUT2D eigenvalue weighted by molar-refractivity contribution is 6.35. The molecule has 0 saturated heterocycles.